The second kappa shape index (κ2) is 15.4. The standard InChI is InChI=1S/C32H39Cl2N3O4S/c1-5-24(3)35-32(39)30(20-25-10-7-6-8-11-25)36(22-26-15-16-27(33)21-29(26)34)31(38)12-9-19-37(42(4,40)41)28-17-13-23(2)14-18-28/h6-8,10-11,13-18,21,24,30H,5,9,12,19-20,22H2,1-4H3,(H,35,39)/t24-,30-/m0/s1. The fourth-order valence-corrected chi connectivity index (χ4v) is 5.98. The molecule has 0 saturated carbocycles. The molecule has 0 spiro atoms. The molecule has 0 aliphatic heterocycles. The van der Waals surface area contributed by atoms with Crippen molar-refractivity contribution in [1.29, 1.82) is 0 Å². The van der Waals surface area contributed by atoms with Crippen LogP contribution in [-0.4, -0.2) is 50.0 Å². The Kier molecular flexibility index (Phi) is 12.3. The topological polar surface area (TPSA) is 86.8 Å². The Labute approximate surface area is 259 Å². The van der Waals surface area contributed by atoms with Crippen molar-refractivity contribution in [1.82, 2.24) is 10.2 Å². The van der Waals surface area contributed by atoms with Crippen molar-refractivity contribution in [2.24, 2.45) is 0 Å². The minimum Gasteiger partial charge on any atom is -0.352 e. The molecule has 0 aliphatic rings. The van der Waals surface area contributed by atoms with E-state index in [1.807, 2.05) is 63.2 Å². The second-order valence-electron chi connectivity index (χ2n) is 10.6. The van der Waals surface area contributed by atoms with Crippen molar-refractivity contribution >= 4 is 50.7 Å². The molecule has 0 saturated heterocycles. The lowest BCUT2D eigenvalue weighted by Crippen LogP contribution is -2.52. The number of sulfonamides is 1. The highest BCUT2D eigenvalue weighted by Crippen LogP contribution is 2.25. The summed E-state index contributed by atoms with van der Waals surface area (Å²) < 4.78 is 26.5. The van der Waals surface area contributed by atoms with Crippen LogP contribution in [0.25, 0.3) is 0 Å². The first-order chi connectivity index (χ1) is 19.9. The van der Waals surface area contributed by atoms with Gasteiger partial charge in [0.25, 0.3) is 0 Å². The third kappa shape index (κ3) is 9.75. The second-order valence-corrected chi connectivity index (χ2v) is 13.3. The molecule has 2 atom stereocenters. The summed E-state index contributed by atoms with van der Waals surface area (Å²) in [6.45, 7) is 6.04. The van der Waals surface area contributed by atoms with Gasteiger partial charge in [-0.3, -0.25) is 13.9 Å². The number of nitrogens with one attached hydrogen (secondary N) is 1. The van der Waals surface area contributed by atoms with Crippen LogP contribution in [0.3, 0.4) is 0 Å². The average molecular weight is 633 g/mol. The van der Waals surface area contributed by atoms with Crippen LogP contribution in [0, 0.1) is 6.92 Å². The van der Waals surface area contributed by atoms with Gasteiger partial charge in [-0.1, -0.05) is 84.2 Å². The molecule has 1 N–H and O–H groups in total. The zero-order valence-corrected chi connectivity index (χ0v) is 26.8. The number of halogens is 2. The smallest absolute Gasteiger partial charge is 0.243 e. The highest BCUT2D eigenvalue weighted by molar-refractivity contribution is 7.92. The molecule has 42 heavy (non-hydrogen) atoms. The summed E-state index contributed by atoms with van der Waals surface area (Å²) in [5.74, 6) is -0.539. The maximum absolute atomic E-state index is 13.9. The molecule has 0 unspecified atom stereocenters. The summed E-state index contributed by atoms with van der Waals surface area (Å²) >= 11 is 12.6. The number of rotatable bonds is 14. The van der Waals surface area contributed by atoms with E-state index in [1.54, 1.807) is 35.2 Å². The Morgan fingerprint density at radius 2 is 1.64 bits per heavy atom. The van der Waals surface area contributed by atoms with Crippen molar-refractivity contribution in [3.05, 3.63) is 99.5 Å². The number of hydrogen-bond donors (Lipinski definition) is 1. The molecule has 2 amide bonds. The van der Waals surface area contributed by atoms with E-state index < -0.39 is 16.1 Å². The number of carbonyl (C=O) groups is 2. The van der Waals surface area contributed by atoms with Crippen molar-refractivity contribution in [3.8, 4) is 0 Å². The molecule has 7 nitrogen and oxygen atoms in total. The normalized spacial score (nSPS) is 12.8. The highest BCUT2D eigenvalue weighted by atomic mass is 35.5. The summed E-state index contributed by atoms with van der Waals surface area (Å²) in [5.41, 5.74) is 3.11. The van der Waals surface area contributed by atoms with Gasteiger partial charge in [0.05, 0.1) is 11.9 Å². The van der Waals surface area contributed by atoms with Gasteiger partial charge in [-0.2, -0.15) is 0 Å². The molecule has 0 aromatic heterocycles. The van der Waals surface area contributed by atoms with Crippen molar-refractivity contribution in [2.75, 3.05) is 17.1 Å². The molecule has 0 radical (unpaired) electrons. The van der Waals surface area contributed by atoms with E-state index in [2.05, 4.69) is 5.32 Å². The summed E-state index contributed by atoms with van der Waals surface area (Å²) in [7, 11) is -3.58. The molecule has 10 heteroatoms. The van der Waals surface area contributed by atoms with Crippen LogP contribution in [0.15, 0.2) is 72.8 Å². The molecule has 0 aliphatic carbocycles. The quantitative estimate of drug-likeness (QED) is 0.223. The number of carbonyl (C=O) groups excluding carboxylic acids is 2. The van der Waals surface area contributed by atoms with E-state index in [9.17, 15) is 18.0 Å². The number of anilines is 1. The van der Waals surface area contributed by atoms with Gasteiger partial charge in [-0.25, -0.2) is 8.42 Å². The average Bonchev–Trinajstić information content (AvgIpc) is 2.94. The molecule has 0 heterocycles. The van der Waals surface area contributed by atoms with Gasteiger partial charge in [0.2, 0.25) is 21.8 Å². The van der Waals surface area contributed by atoms with E-state index in [-0.39, 0.29) is 43.8 Å². The molecule has 0 bridgehead atoms. The summed E-state index contributed by atoms with van der Waals surface area (Å²) in [4.78, 5) is 29.2. The maximum atomic E-state index is 13.9. The first kappa shape index (κ1) is 33.4. The molecule has 0 fully saturated rings. The summed E-state index contributed by atoms with van der Waals surface area (Å²) in [5, 5.41) is 3.90. The fourth-order valence-electron chi connectivity index (χ4n) is 4.54. The number of nitrogens with zero attached hydrogens (tertiary/aromatic N) is 2. The van der Waals surface area contributed by atoms with Gasteiger partial charge < -0.3 is 10.2 Å². The first-order valence-corrected chi connectivity index (χ1v) is 16.6. The van der Waals surface area contributed by atoms with Crippen molar-refractivity contribution in [3.63, 3.8) is 0 Å². The lowest BCUT2D eigenvalue weighted by atomic mass is 10.0. The summed E-state index contributed by atoms with van der Waals surface area (Å²) in [6, 6.07) is 20.9. The lowest BCUT2D eigenvalue weighted by Gasteiger charge is -2.33. The van der Waals surface area contributed by atoms with Gasteiger partial charge >= 0.3 is 0 Å². The summed E-state index contributed by atoms with van der Waals surface area (Å²) in [6.07, 6.45) is 2.49. The molecule has 226 valence electrons. The van der Waals surface area contributed by atoms with Gasteiger partial charge in [0.15, 0.2) is 0 Å². The largest absolute Gasteiger partial charge is 0.352 e. The van der Waals surface area contributed by atoms with Crippen LogP contribution in [-0.2, 0) is 32.6 Å². The van der Waals surface area contributed by atoms with Crippen LogP contribution in [0.4, 0.5) is 5.69 Å². The third-order valence-corrected chi connectivity index (χ3v) is 8.88. The third-order valence-electron chi connectivity index (χ3n) is 7.10. The first-order valence-electron chi connectivity index (χ1n) is 14.0. The Balaban J connectivity index is 1.91. The van der Waals surface area contributed by atoms with Crippen LogP contribution in [0.2, 0.25) is 10.0 Å². The van der Waals surface area contributed by atoms with Gasteiger partial charge in [-0.05, 0) is 62.1 Å². The van der Waals surface area contributed by atoms with Crippen LogP contribution < -0.4 is 9.62 Å². The monoisotopic (exact) mass is 631 g/mol. The van der Waals surface area contributed by atoms with E-state index in [1.165, 1.54) is 4.31 Å². The van der Waals surface area contributed by atoms with Gasteiger partial charge in [0.1, 0.15) is 6.04 Å². The maximum Gasteiger partial charge on any atom is 0.243 e. The van der Waals surface area contributed by atoms with E-state index >= 15 is 0 Å². The predicted octanol–water partition coefficient (Wildman–Crippen LogP) is 6.40. The number of benzene rings is 3. The van der Waals surface area contributed by atoms with Crippen LogP contribution >= 0.6 is 23.2 Å². The Morgan fingerprint density at radius 1 is 0.976 bits per heavy atom. The van der Waals surface area contributed by atoms with Crippen LogP contribution in [0.1, 0.15) is 49.8 Å². The zero-order chi connectivity index (χ0) is 30.9. The Bertz CT molecular complexity index is 1450. The van der Waals surface area contributed by atoms with Crippen molar-refractivity contribution < 1.29 is 18.0 Å². The number of hydrogen-bond acceptors (Lipinski definition) is 4. The Hall–Kier alpha value is -3.07. The predicted molar refractivity (Wildman–Crippen MR) is 171 cm³/mol. The lowest BCUT2D eigenvalue weighted by molar-refractivity contribution is -0.141. The van der Waals surface area contributed by atoms with Crippen LogP contribution in [0.5, 0.6) is 0 Å². The van der Waals surface area contributed by atoms with E-state index in [0.717, 1.165) is 23.8 Å². The number of aryl methyl sites for hydroxylation is 1. The minimum atomic E-state index is -3.58. The molecular weight excluding hydrogens is 593 g/mol. The molecule has 3 aromatic rings. The molecular formula is C32H39Cl2N3O4S. The van der Waals surface area contributed by atoms with Gasteiger partial charge in [0, 0.05) is 42.0 Å². The molecule has 3 aromatic carbocycles. The van der Waals surface area contributed by atoms with Crippen molar-refractivity contribution in [2.45, 2.75) is 65.1 Å². The fraction of sp³-hybridized carbons (Fsp3) is 0.375. The van der Waals surface area contributed by atoms with E-state index in [0.29, 0.717) is 27.7 Å². The number of amides is 2. The van der Waals surface area contributed by atoms with E-state index in [4.69, 9.17) is 23.2 Å². The minimum absolute atomic E-state index is 0.0327. The zero-order valence-electron chi connectivity index (χ0n) is 24.5. The highest BCUT2D eigenvalue weighted by Gasteiger charge is 2.31. The van der Waals surface area contributed by atoms with Gasteiger partial charge in [-0.15, -0.1) is 0 Å². The Morgan fingerprint density at radius 3 is 2.24 bits per heavy atom. The molecule has 3 rings (SSSR count). The SMILES string of the molecule is CC[C@H](C)NC(=O)[C@H](Cc1ccccc1)N(Cc1ccc(Cl)cc1Cl)C(=O)CCCN(c1ccc(C)cc1)S(C)(=O)=O.